The molecule has 1 aromatic carbocycles. The summed E-state index contributed by atoms with van der Waals surface area (Å²) in [5.41, 5.74) is 3.29. The topological polar surface area (TPSA) is 29.1 Å². The first-order chi connectivity index (χ1) is 13.8. The van der Waals surface area contributed by atoms with Crippen molar-refractivity contribution in [1.29, 1.82) is 0 Å². The third-order valence-corrected chi connectivity index (χ3v) is 12.8. The van der Waals surface area contributed by atoms with E-state index in [4.69, 9.17) is 11.6 Å². The Kier molecular flexibility index (Phi) is 12.5. The molecule has 1 amide bonds. The molecule has 1 unspecified atom stereocenters. The first-order valence-corrected chi connectivity index (χ1v) is 15.0. The van der Waals surface area contributed by atoms with Gasteiger partial charge in [0, 0.05) is 0 Å². The van der Waals surface area contributed by atoms with Gasteiger partial charge in [0.15, 0.2) is 0 Å². The number of nitrogens with one attached hydrogen (secondary N) is 1. The molecule has 0 bridgehead atoms. The number of rotatable bonds is 14. The van der Waals surface area contributed by atoms with Crippen molar-refractivity contribution in [1.82, 2.24) is 0 Å². The molecular formula is C25H45ClNOP. The SMILES string of the molecule is CCCC[PH](CCCC)(CCCC)C(CCC)C(=O)Nc1c(C)cc(Cl)cc1C. The summed E-state index contributed by atoms with van der Waals surface area (Å²) in [5.74, 6) is 0.273. The molecule has 1 N–H and O–H groups in total. The Morgan fingerprint density at radius 2 is 1.34 bits per heavy atom. The third kappa shape index (κ3) is 7.87. The number of hydrogen-bond acceptors (Lipinski definition) is 1. The van der Waals surface area contributed by atoms with Crippen molar-refractivity contribution in [2.24, 2.45) is 0 Å². The van der Waals surface area contributed by atoms with E-state index in [1.807, 2.05) is 26.0 Å². The molecule has 1 aromatic rings. The molecule has 0 saturated carbocycles. The number of anilines is 1. The summed E-state index contributed by atoms with van der Waals surface area (Å²) in [6.45, 7) is 13.2. The molecule has 0 aromatic heterocycles. The molecule has 168 valence electrons. The van der Waals surface area contributed by atoms with Crippen LogP contribution in [0.1, 0.15) is 90.2 Å². The maximum atomic E-state index is 13.7. The third-order valence-electron chi connectivity index (χ3n) is 6.46. The monoisotopic (exact) mass is 441 g/mol. The van der Waals surface area contributed by atoms with E-state index >= 15 is 0 Å². The predicted octanol–water partition coefficient (Wildman–Crippen LogP) is 8.21. The van der Waals surface area contributed by atoms with Gasteiger partial charge < -0.3 is 0 Å². The first-order valence-electron chi connectivity index (χ1n) is 11.9. The summed E-state index contributed by atoms with van der Waals surface area (Å²) in [7, 11) is -1.71. The van der Waals surface area contributed by atoms with Gasteiger partial charge in [0.2, 0.25) is 0 Å². The molecule has 0 radical (unpaired) electrons. The molecule has 1 rings (SSSR count). The maximum absolute atomic E-state index is 13.7. The van der Waals surface area contributed by atoms with Gasteiger partial charge in [0.25, 0.3) is 0 Å². The van der Waals surface area contributed by atoms with Crippen LogP contribution in [0.2, 0.25) is 5.02 Å². The van der Waals surface area contributed by atoms with E-state index < -0.39 is 7.26 Å². The molecule has 0 aliphatic carbocycles. The number of amides is 1. The Hall–Kier alpha value is -0.590. The van der Waals surface area contributed by atoms with E-state index in [1.54, 1.807) is 0 Å². The van der Waals surface area contributed by atoms with Gasteiger partial charge in [0.1, 0.15) is 0 Å². The Morgan fingerprint density at radius 1 is 0.897 bits per heavy atom. The number of hydrogen-bond donors (Lipinski definition) is 1. The fourth-order valence-electron chi connectivity index (χ4n) is 4.81. The zero-order chi connectivity index (χ0) is 21.9. The normalized spacial score (nSPS) is 13.3. The second-order valence-electron chi connectivity index (χ2n) is 8.92. The van der Waals surface area contributed by atoms with Crippen molar-refractivity contribution in [3.05, 3.63) is 28.3 Å². The van der Waals surface area contributed by atoms with E-state index in [0.717, 1.165) is 34.7 Å². The van der Waals surface area contributed by atoms with E-state index in [1.165, 1.54) is 57.0 Å². The van der Waals surface area contributed by atoms with E-state index in [2.05, 4.69) is 33.0 Å². The van der Waals surface area contributed by atoms with Crippen molar-refractivity contribution in [3.8, 4) is 0 Å². The molecule has 4 heteroatoms. The molecule has 0 fully saturated rings. The fraction of sp³-hybridized carbons (Fsp3) is 0.720. The van der Waals surface area contributed by atoms with Crippen molar-refractivity contribution in [2.45, 2.75) is 98.6 Å². The van der Waals surface area contributed by atoms with Gasteiger partial charge in [-0.15, -0.1) is 0 Å². The minimum absolute atomic E-state index is 0.214. The number of unbranched alkanes of at least 4 members (excludes halogenated alkanes) is 3. The van der Waals surface area contributed by atoms with Crippen LogP contribution in [-0.2, 0) is 4.79 Å². The van der Waals surface area contributed by atoms with Gasteiger partial charge in [-0.1, -0.05) is 0 Å². The zero-order valence-electron chi connectivity index (χ0n) is 19.8. The van der Waals surface area contributed by atoms with Gasteiger partial charge >= 0.3 is 186 Å². The molecular weight excluding hydrogens is 397 g/mol. The molecule has 0 aliphatic rings. The zero-order valence-corrected chi connectivity index (χ0v) is 21.6. The number of carbonyl (C=O) groups excluding carboxylic acids is 1. The van der Waals surface area contributed by atoms with Gasteiger partial charge in [0.05, 0.1) is 0 Å². The molecule has 0 spiro atoms. The average molecular weight is 442 g/mol. The van der Waals surface area contributed by atoms with Gasteiger partial charge in [-0.05, 0) is 0 Å². The molecule has 0 heterocycles. The van der Waals surface area contributed by atoms with E-state index in [9.17, 15) is 4.79 Å². The number of halogens is 1. The number of aryl methyl sites for hydroxylation is 2. The van der Waals surface area contributed by atoms with E-state index in [-0.39, 0.29) is 11.6 Å². The van der Waals surface area contributed by atoms with Crippen molar-refractivity contribution in [2.75, 3.05) is 23.8 Å². The van der Waals surface area contributed by atoms with Crippen molar-refractivity contribution < 1.29 is 4.79 Å². The van der Waals surface area contributed by atoms with Crippen LogP contribution in [0.15, 0.2) is 12.1 Å². The summed E-state index contributed by atoms with van der Waals surface area (Å²) >= 11 is 6.21. The molecule has 29 heavy (non-hydrogen) atoms. The Labute approximate surface area is 185 Å². The summed E-state index contributed by atoms with van der Waals surface area (Å²) < 4.78 is 0. The average Bonchev–Trinajstić information content (AvgIpc) is 2.68. The van der Waals surface area contributed by atoms with Crippen LogP contribution in [0.4, 0.5) is 5.69 Å². The van der Waals surface area contributed by atoms with Crippen LogP contribution < -0.4 is 5.32 Å². The Balaban J connectivity index is 3.27. The van der Waals surface area contributed by atoms with E-state index in [0.29, 0.717) is 0 Å². The van der Waals surface area contributed by atoms with Gasteiger partial charge in [-0.3, -0.25) is 0 Å². The van der Waals surface area contributed by atoms with Crippen LogP contribution in [-0.4, -0.2) is 30.1 Å². The van der Waals surface area contributed by atoms with Crippen LogP contribution in [0.5, 0.6) is 0 Å². The van der Waals surface area contributed by atoms with Crippen LogP contribution in [0.25, 0.3) is 0 Å². The van der Waals surface area contributed by atoms with Crippen LogP contribution in [0.3, 0.4) is 0 Å². The summed E-state index contributed by atoms with van der Waals surface area (Å²) in [6, 6.07) is 3.91. The number of benzene rings is 1. The van der Waals surface area contributed by atoms with Crippen molar-refractivity contribution >= 4 is 30.5 Å². The summed E-state index contributed by atoms with van der Waals surface area (Å²) in [4.78, 5) is 13.7. The van der Waals surface area contributed by atoms with Crippen LogP contribution >= 0.6 is 18.9 Å². The molecule has 0 saturated heterocycles. The molecule has 0 aliphatic heterocycles. The quantitative estimate of drug-likeness (QED) is 0.289. The van der Waals surface area contributed by atoms with Crippen molar-refractivity contribution in [3.63, 3.8) is 0 Å². The first kappa shape index (κ1) is 26.4. The molecule has 2 nitrogen and oxygen atoms in total. The Bertz CT molecular complexity index is 586. The second-order valence-corrected chi connectivity index (χ2v) is 14.3. The molecule has 1 atom stereocenters. The number of carbonyl (C=O) groups is 1. The summed E-state index contributed by atoms with van der Waals surface area (Å²) in [5, 5.41) is 4.10. The second kappa shape index (κ2) is 13.7. The Morgan fingerprint density at radius 3 is 1.72 bits per heavy atom. The minimum atomic E-state index is -1.71. The van der Waals surface area contributed by atoms with Gasteiger partial charge in [-0.25, -0.2) is 0 Å². The van der Waals surface area contributed by atoms with Crippen LogP contribution in [0, 0.1) is 13.8 Å². The predicted molar refractivity (Wildman–Crippen MR) is 136 cm³/mol. The fourth-order valence-corrected chi connectivity index (χ4v) is 11.6. The summed E-state index contributed by atoms with van der Waals surface area (Å²) in [6.07, 6.45) is 13.5. The standard InChI is InChI=1S/C25H45ClNOP/c1-7-11-15-29(16-12-8-2,17-13-9-3)23(14-10-4)25(28)27-24-20(5)18-22(26)19-21(24)6/h18-19,23,29H,7-17H2,1-6H3,(H,27,28). The van der Waals surface area contributed by atoms with Gasteiger partial charge in [-0.2, -0.15) is 0 Å².